The molecule has 0 aliphatic carbocycles. The maximum Gasteiger partial charge on any atom is 0.105 e. The molecular formula is C13H22BrN3O2. The van der Waals surface area contributed by atoms with Gasteiger partial charge in [0.1, 0.15) is 11.8 Å². The third-order valence-electron chi connectivity index (χ3n) is 3.60. The van der Waals surface area contributed by atoms with Crippen molar-refractivity contribution in [3.05, 3.63) is 15.9 Å². The van der Waals surface area contributed by atoms with Crippen LogP contribution in [0, 0.1) is 0 Å². The van der Waals surface area contributed by atoms with E-state index >= 15 is 0 Å². The zero-order valence-electron chi connectivity index (χ0n) is 11.6. The highest BCUT2D eigenvalue weighted by atomic mass is 79.9. The van der Waals surface area contributed by atoms with Gasteiger partial charge in [0.25, 0.3) is 0 Å². The molecule has 1 aromatic heterocycles. The molecule has 0 aromatic carbocycles. The molecule has 6 heteroatoms. The zero-order chi connectivity index (χ0) is 13.8. The predicted molar refractivity (Wildman–Crippen MR) is 77.1 cm³/mol. The van der Waals surface area contributed by atoms with Gasteiger partial charge in [-0.1, -0.05) is 6.92 Å². The van der Waals surface area contributed by atoms with Crippen molar-refractivity contribution in [3.63, 3.8) is 0 Å². The number of hydrogen-bond donors (Lipinski definition) is 1. The first-order valence-corrected chi connectivity index (χ1v) is 7.62. The van der Waals surface area contributed by atoms with Crippen molar-refractivity contribution in [1.82, 2.24) is 14.7 Å². The highest BCUT2D eigenvalue weighted by molar-refractivity contribution is 9.10. The predicted octanol–water partition coefficient (Wildman–Crippen LogP) is 1.50. The molecule has 0 saturated carbocycles. The maximum atomic E-state index is 10.3. The second-order valence-corrected chi connectivity index (χ2v) is 5.67. The van der Waals surface area contributed by atoms with Crippen LogP contribution in [-0.4, -0.2) is 52.6 Å². The molecule has 1 aromatic rings. The summed E-state index contributed by atoms with van der Waals surface area (Å²) in [5.74, 6) is 0. The Labute approximate surface area is 122 Å². The average molecular weight is 332 g/mol. The molecule has 1 N–H and O–H groups in total. The van der Waals surface area contributed by atoms with Crippen molar-refractivity contribution in [2.75, 3.05) is 32.8 Å². The van der Waals surface area contributed by atoms with Gasteiger partial charge < -0.3 is 9.84 Å². The summed E-state index contributed by atoms with van der Waals surface area (Å²) in [5.41, 5.74) is 1.88. The van der Waals surface area contributed by atoms with E-state index in [1.807, 2.05) is 11.7 Å². The first kappa shape index (κ1) is 15.0. The normalized spacial score (nSPS) is 18.7. The van der Waals surface area contributed by atoms with Crippen molar-refractivity contribution in [3.8, 4) is 0 Å². The lowest BCUT2D eigenvalue weighted by atomic mass is 10.1. The maximum absolute atomic E-state index is 10.3. The smallest absolute Gasteiger partial charge is 0.105 e. The summed E-state index contributed by atoms with van der Waals surface area (Å²) in [6.07, 6.45) is 1.10. The number of ether oxygens (including phenoxy) is 1. The minimum absolute atomic E-state index is 0.510. The topological polar surface area (TPSA) is 50.5 Å². The molecule has 2 rings (SSSR count). The van der Waals surface area contributed by atoms with Crippen LogP contribution in [0.3, 0.4) is 0 Å². The van der Waals surface area contributed by atoms with E-state index in [2.05, 4.69) is 32.9 Å². The Bertz CT molecular complexity index is 416. The fourth-order valence-electron chi connectivity index (χ4n) is 2.42. The van der Waals surface area contributed by atoms with Gasteiger partial charge in [-0.3, -0.25) is 9.58 Å². The largest absolute Gasteiger partial charge is 0.387 e. The quantitative estimate of drug-likeness (QED) is 0.888. The van der Waals surface area contributed by atoms with Crippen molar-refractivity contribution >= 4 is 15.9 Å². The summed E-state index contributed by atoms with van der Waals surface area (Å²) in [7, 11) is 1.92. The van der Waals surface area contributed by atoms with Gasteiger partial charge in [0, 0.05) is 26.7 Å². The lowest BCUT2D eigenvalue weighted by Crippen LogP contribution is -2.37. The summed E-state index contributed by atoms with van der Waals surface area (Å²) in [6.45, 7) is 6.47. The van der Waals surface area contributed by atoms with Crippen LogP contribution in [0.2, 0.25) is 0 Å². The summed E-state index contributed by atoms with van der Waals surface area (Å²) < 4.78 is 8.11. The highest BCUT2D eigenvalue weighted by Gasteiger charge is 2.20. The molecule has 0 radical (unpaired) electrons. The molecule has 1 aliphatic rings. The lowest BCUT2D eigenvalue weighted by Gasteiger charge is -2.27. The molecule has 0 amide bonds. The Morgan fingerprint density at radius 2 is 2.11 bits per heavy atom. The van der Waals surface area contributed by atoms with Crippen LogP contribution in [-0.2, 0) is 18.2 Å². The third kappa shape index (κ3) is 3.56. The van der Waals surface area contributed by atoms with E-state index < -0.39 is 6.10 Å². The minimum Gasteiger partial charge on any atom is -0.387 e. The molecule has 5 nitrogen and oxygen atoms in total. The molecule has 2 heterocycles. The summed E-state index contributed by atoms with van der Waals surface area (Å²) in [5, 5.41) is 14.7. The number of aliphatic hydroxyl groups is 1. The van der Waals surface area contributed by atoms with Crippen molar-refractivity contribution in [2.24, 2.45) is 7.05 Å². The van der Waals surface area contributed by atoms with Crippen molar-refractivity contribution < 1.29 is 9.84 Å². The van der Waals surface area contributed by atoms with Gasteiger partial charge in [-0.05, 0) is 28.8 Å². The van der Waals surface area contributed by atoms with Gasteiger partial charge in [-0.15, -0.1) is 0 Å². The summed E-state index contributed by atoms with van der Waals surface area (Å²) in [4.78, 5) is 2.32. The fraction of sp³-hybridized carbons (Fsp3) is 0.769. The molecule has 1 aliphatic heterocycles. The molecule has 0 unspecified atom stereocenters. The second-order valence-electron chi connectivity index (χ2n) is 4.88. The van der Waals surface area contributed by atoms with E-state index in [9.17, 15) is 5.11 Å². The van der Waals surface area contributed by atoms with Crippen LogP contribution >= 0.6 is 15.9 Å². The van der Waals surface area contributed by atoms with Gasteiger partial charge in [0.05, 0.1) is 23.4 Å². The van der Waals surface area contributed by atoms with Gasteiger partial charge in [-0.2, -0.15) is 5.10 Å². The van der Waals surface area contributed by atoms with Gasteiger partial charge in [-0.25, -0.2) is 0 Å². The van der Waals surface area contributed by atoms with Crippen LogP contribution in [0.1, 0.15) is 30.8 Å². The van der Waals surface area contributed by atoms with E-state index in [4.69, 9.17) is 4.74 Å². The van der Waals surface area contributed by atoms with Gasteiger partial charge >= 0.3 is 0 Å². The third-order valence-corrected chi connectivity index (χ3v) is 4.46. The number of nitrogens with zero attached hydrogens (tertiary/aromatic N) is 3. The number of halogens is 1. The van der Waals surface area contributed by atoms with E-state index in [0.717, 1.165) is 55.1 Å². The Hall–Kier alpha value is -0.430. The molecule has 1 fully saturated rings. The molecule has 1 saturated heterocycles. The number of hydrogen-bond acceptors (Lipinski definition) is 4. The van der Waals surface area contributed by atoms with Crippen LogP contribution in [0.15, 0.2) is 4.47 Å². The van der Waals surface area contributed by atoms with E-state index in [1.54, 1.807) is 0 Å². The van der Waals surface area contributed by atoms with Crippen LogP contribution < -0.4 is 0 Å². The zero-order valence-corrected chi connectivity index (χ0v) is 13.2. The number of aliphatic hydroxyl groups excluding tert-OH is 1. The SMILES string of the molecule is CCc1c(Br)c([C@H](O)CCN2CCOCC2)nn1C. The lowest BCUT2D eigenvalue weighted by molar-refractivity contribution is 0.0296. The Kier molecular flexibility index (Phi) is 5.38. The van der Waals surface area contributed by atoms with Gasteiger partial charge in [0.15, 0.2) is 0 Å². The second kappa shape index (κ2) is 6.83. The monoisotopic (exact) mass is 331 g/mol. The fourth-order valence-corrected chi connectivity index (χ4v) is 3.30. The first-order chi connectivity index (χ1) is 9.13. The molecule has 0 bridgehead atoms. The summed E-state index contributed by atoms with van der Waals surface area (Å²) in [6, 6.07) is 0. The Balaban J connectivity index is 1.93. The number of rotatable bonds is 5. The minimum atomic E-state index is -0.510. The van der Waals surface area contributed by atoms with Crippen LogP contribution in [0.25, 0.3) is 0 Å². The van der Waals surface area contributed by atoms with Crippen LogP contribution in [0.4, 0.5) is 0 Å². The number of morpholine rings is 1. The number of aryl methyl sites for hydroxylation is 1. The molecule has 1 atom stereocenters. The van der Waals surface area contributed by atoms with E-state index in [1.165, 1.54) is 0 Å². The van der Waals surface area contributed by atoms with E-state index in [-0.39, 0.29) is 0 Å². The molecule has 0 spiro atoms. The first-order valence-electron chi connectivity index (χ1n) is 6.83. The molecule has 19 heavy (non-hydrogen) atoms. The molecular weight excluding hydrogens is 310 g/mol. The highest BCUT2D eigenvalue weighted by Crippen LogP contribution is 2.28. The summed E-state index contributed by atoms with van der Waals surface area (Å²) >= 11 is 3.55. The van der Waals surface area contributed by atoms with Crippen LogP contribution in [0.5, 0.6) is 0 Å². The molecule has 108 valence electrons. The van der Waals surface area contributed by atoms with Gasteiger partial charge in [0.2, 0.25) is 0 Å². The Morgan fingerprint density at radius 3 is 2.68 bits per heavy atom. The van der Waals surface area contributed by atoms with Crippen molar-refractivity contribution in [2.45, 2.75) is 25.9 Å². The Morgan fingerprint density at radius 1 is 1.42 bits per heavy atom. The number of aromatic nitrogens is 2. The standard InChI is InChI=1S/C13H22BrN3O2/c1-3-10-12(14)13(15-16(10)2)11(18)4-5-17-6-8-19-9-7-17/h11,18H,3-9H2,1-2H3/t11-/m1/s1. The van der Waals surface area contributed by atoms with E-state index in [0.29, 0.717) is 6.42 Å². The van der Waals surface area contributed by atoms with Crippen molar-refractivity contribution in [1.29, 1.82) is 0 Å². The average Bonchev–Trinajstić information content (AvgIpc) is 2.72.